The molecule has 0 radical (unpaired) electrons. The summed E-state index contributed by atoms with van der Waals surface area (Å²) >= 11 is 2.00. The molecule has 2 heterocycles. The molecule has 2 unspecified atom stereocenters. The normalized spacial score (nSPS) is 24.7. The Morgan fingerprint density at radius 1 is 1.53 bits per heavy atom. The molecule has 17 heavy (non-hydrogen) atoms. The van der Waals surface area contributed by atoms with Crippen molar-refractivity contribution in [1.29, 1.82) is 5.41 Å². The van der Waals surface area contributed by atoms with Crippen LogP contribution in [0.1, 0.15) is 19.5 Å². The zero-order valence-electron chi connectivity index (χ0n) is 10.2. The summed E-state index contributed by atoms with van der Waals surface area (Å²) in [6.45, 7) is 5.47. The number of aromatic nitrogens is 1. The van der Waals surface area contributed by atoms with Gasteiger partial charge in [-0.05, 0) is 19.1 Å². The van der Waals surface area contributed by atoms with E-state index in [4.69, 9.17) is 11.1 Å². The number of pyridine rings is 1. The van der Waals surface area contributed by atoms with Crippen LogP contribution in [-0.4, -0.2) is 34.4 Å². The summed E-state index contributed by atoms with van der Waals surface area (Å²) in [5.41, 5.74) is 6.03. The van der Waals surface area contributed by atoms with Gasteiger partial charge in [0.25, 0.3) is 0 Å². The molecule has 5 heteroatoms. The van der Waals surface area contributed by atoms with E-state index in [1.54, 1.807) is 6.07 Å². The lowest BCUT2D eigenvalue weighted by Crippen LogP contribution is -2.45. The molecular formula is C12H18N4S. The van der Waals surface area contributed by atoms with Gasteiger partial charge < -0.3 is 10.6 Å². The minimum Gasteiger partial charge on any atom is -0.382 e. The largest absolute Gasteiger partial charge is 0.382 e. The molecule has 0 aromatic carbocycles. The second-order valence-corrected chi connectivity index (χ2v) is 5.79. The summed E-state index contributed by atoms with van der Waals surface area (Å²) in [4.78, 5) is 6.75. The number of hydrogen-bond donors (Lipinski definition) is 2. The Bertz CT molecular complexity index is 421. The van der Waals surface area contributed by atoms with Gasteiger partial charge in [-0.2, -0.15) is 11.8 Å². The van der Waals surface area contributed by atoms with Crippen LogP contribution in [0.5, 0.6) is 0 Å². The van der Waals surface area contributed by atoms with Gasteiger partial charge in [0.05, 0.1) is 0 Å². The fraction of sp³-hybridized carbons (Fsp3) is 0.500. The van der Waals surface area contributed by atoms with Crippen LogP contribution >= 0.6 is 11.8 Å². The molecular weight excluding hydrogens is 232 g/mol. The Morgan fingerprint density at radius 3 is 3.00 bits per heavy atom. The number of nitrogen functional groups attached to an aromatic ring is 1. The molecule has 0 bridgehead atoms. The van der Waals surface area contributed by atoms with Gasteiger partial charge in [0.1, 0.15) is 17.3 Å². The Morgan fingerprint density at radius 2 is 2.29 bits per heavy atom. The number of anilines is 1. The predicted molar refractivity (Wildman–Crippen MR) is 74.0 cm³/mol. The number of nitrogens with two attached hydrogens (primary N) is 1. The number of amidine groups is 1. The summed E-state index contributed by atoms with van der Waals surface area (Å²) < 4.78 is 0. The van der Waals surface area contributed by atoms with Crippen LogP contribution in [0.4, 0.5) is 5.82 Å². The first kappa shape index (κ1) is 12.2. The summed E-state index contributed by atoms with van der Waals surface area (Å²) in [6, 6.07) is 6.14. The molecule has 0 aliphatic carbocycles. The molecule has 92 valence electrons. The smallest absolute Gasteiger partial charge is 0.141 e. The van der Waals surface area contributed by atoms with Crippen molar-refractivity contribution < 1.29 is 0 Å². The van der Waals surface area contributed by atoms with E-state index in [1.165, 1.54) is 0 Å². The second-order valence-electron chi connectivity index (χ2n) is 4.30. The molecule has 2 atom stereocenters. The van der Waals surface area contributed by atoms with Crippen LogP contribution in [0.3, 0.4) is 0 Å². The molecule has 1 aliphatic heterocycles. The first-order valence-corrected chi connectivity index (χ1v) is 6.84. The van der Waals surface area contributed by atoms with Gasteiger partial charge in [-0.15, -0.1) is 0 Å². The molecule has 0 spiro atoms. The van der Waals surface area contributed by atoms with Gasteiger partial charge in [0.2, 0.25) is 0 Å². The van der Waals surface area contributed by atoms with Crippen molar-refractivity contribution in [3.05, 3.63) is 23.9 Å². The van der Waals surface area contributed by atoms with E-state index >= 15 is 0 Å². The third-order valence-electron chi connectivity index (χ3n) is 3.19. The highest BCUT2D eigenvalue weighted by atomic mass is 32.2. The number of hydrogen-bond acceptors (Lipinski definition) is 4. The van der Waals surface area contributed by atoms with Crippen LogP contribution in [-0.2, 0) is 0 Å². The van der Waals surface area contributed by atoms with Crippen LogP contribution in [0.2, 0.25) is 0 Å². The summed E-state index contributed by atoms with van der Waals surface area (Å²) in [5, 5.41) is 8.03. The standard InChI is InChI=1S/C12H18N4S/c1-8-9(2)17-7-6-16(8)11-5-3-4-10(15-11)12(13)14/h3-5,8-9H,6-7H2,1-2H3,(H3,13,14). The highest BCUT2D eigenvalue weighted by Gasteiger charge is 2.26. The van der Waals surface area contributed by atoms with Gasteiger partial charge in [0, 0.05) is 23.6 Å². The van der Waals surface area contributed by atoms with E-state index in [2.05, 4.69) is 23.7 Å². The molecule has 1 fully saturated rings. The number of nitrogens with zero attached hydrogens (tertiary/aromatic N) is 2. The lowest BCUT2D eigenvalue weighted by molar-refractivity contribution is 0.620. The lowest BCUT2D eigenvalue weighted by atomic mass is 10.2. The van der Waals surface area contributed by atoms with Crippen LogP contribution in [0.25, 0.3) is 0 Å². The first-order chi connectivity index (χ1) is 8.09. The molecule has 0 amide bonds. The summed E-state index contributed by atoms with van der Waals surface area (Å²) in [5.74, 6) is 2.08. The molecule has 1 aliphatic rings. The van der Waals surface area contributed by atoms with Crippen molar-refractivity contribution in [1.82, 2.24) is 4.98 Å². The van der Waals surface area contributed by atoms with E-state index in [0.717, 1.165) is 18.1 Å². The van der Waals surface area contributed by atoms with Crippen molar-refractivity contribution >= 4 is 23.4 Å². The number of rotatable bonds is 2. The van der Waals surface area contributed by atoms with Crippen molar-refractivity contribution in [2.45, 2.75) is 25.1 Å². The van der Waals surface area contributed by atoms with E-state index in [-0.39, 0.29) is 5.84 Å². The van der Waals surface area contributed by atoms with Gasteiger partial charge in [-0.25, -0.2) is 4.98 Å². The molecule has 0 saturated carbocycles. The summed E-state index contributed by atoms with van der Waals surface area (Å²) in [7, 11) is 0. The molecule has 1 aromatic heterocycles. The number of thioether (sulfide) groups is 1. The van der Waals surface area contributed by atoms with Crippen molar-refractivity contribution in [3.63, 3.8) is 0 Å². The van der Waals surface area contributed by atoms with Crippen molar-refractivity contribution in [2.75, 3.05) is 17.2 Å². The van der Waals surface area contributed by atoms with Crippen LogP contribution in [0.15, 0.2) is 18.2 Å². The fourth-order valence-electron chi connectivity index (χ4n) is 1.99. The Balaban J connectivity index is 2.26. The number of nitrogens with one attached hydrogen (secondary N) is 1. The van der Waals surface area contributed by atoms with Crippen LogP contribution < -0.4 is 10.6 Å². The van der Waals surface area contributed by atoms with Gasteiger partial charge in [-0.3, -0.25) is 5.41 Å². The van der Waals surface area contributed by atoms with E-state index in [9.17, 15) is 0 Å². The third kappa shape index (κ3) is 2.54. The lowest BCUT2D eigenvalue weighted by Gasteiger charge is -2.38. The zero-order valence-corrected chi connectivity index (χ0v) is 11.0. The molecule has 1 aromatic rings. The first-order valence-electron chi connectivity index (χ1n) is 5.79. The predicted octanol–water partition coefficient (Wildman–Crippen LogP) is 1.70. The monoisotopic (exact) mass is 250 g/mol. The molecule has 2 rings (SSSR count). The minimum atomic E-state index is 0.0268. The Labute approximate surface area is 106 Å². The fourth-order valence-corrected chi connectivity index (χ4v) is 3.09. The van der Waals surface area contributed by atoms with E-state index in [1.807, 2.05) is 23.9 Å². The van der Waals surface area contributed by atoms with Gasteiger partial charge in [0.15, 0.2) is 0 Å². The Hall–Kier alpha value is -1.23. The summed E-state index contributed by atoms with van der Waals surface area (Å²) in [6.07, 6.45) is 0. The second kappa shape index (κ2) is 4.96. The quantitative estimate of drug-likeness (QED) is 0.619. The van der Waals surface area contributed by atoms with Crippen molar-refractivity contribution in [3.8, 4) is 0 Å². The highest BCUT2D eigenvalue weighted by molar-refractivity contribution is 8.00. The minimum absolute atomic E-state index is 0.0268. The molecule has 4 nitrogen and oxygen atoms in total. The average Bonchev–Trinajstić information content (AvgIpc) is 2.33. The van der Waals surface area contributed by atoms with E-state index in [0.29, 0.717) is 17.0 Å². The highest BCUT2D eigenvalue weighted by Crippen LogP contribution is 2.27. The maximum Gasteiger partial charge on any atom is 0.141 e. The van der Waals surface area contributed by atoms with Crippen molar-refractivity contribution in [2.24, 2.45) is 5.73 Å². The molecule has 3 N–H and O–H groups in total. The zero-order chi connectivity index (χ0) is 12.4. The SMILES string of the molecule is CC1SCCN(c2cccc(C(=N)N)n2)C1C. The Kier molecular flexibility index (Phi) is 3.57. The third-order valence-corrected chi connectivity index (χ3v) is 4.53. The van der Waals surface area contributed by atoms with Crippen LogP contribution in [0, 0.1) is 5.41 Å². The average molecular weight is 250 g/mol. The maximum atomic E-state index is 7.43. The maximum absolute atomic E-state index is 7.43. The van der Waals surface area contributed by atoms with Gasteiger partial charge in [-0.1, -0.05) is 13.0 Å². The topological polar surface area (TPSA) is 66.0 Å². The molecule has 1 saturated heterocycles. The van der Waals surface area contributed by atoms with Gasteiger partial charge >= 0.3 is 0 Å². The van der Waals surface area contributed by atoms with E-state index < -0.39 is 0 Å².